The molecule has 0 spiro atoms. The number of benzene rings is 2. The zero-order valence-electron chi connectivity index (χ0n) is 18.0. The standard InChI is InChI=1S/C21H24N3O2.C2H4O2/c1-21(2)17-7-5-6-8-18(17)23(3)20(21)12-22-24(4)16-9-10-19-15(11-16)13-25-14-26-19;1-2(3)4/h5-12H,13-14H2,1-4H3;1H3,(H,3,4)/q+1;/p-1. The molecule has 0 aliphatic carbocycles. The minimum atomic E-state index is -1.08. The summed E-state index contributed by atoms with van der Waals surface area (Å²) in [6.07, 6.45) is 1.96. The van der Waals surface area contributed by atoms with Crippen LogP contribution in [0.4, 0.5) is 11.4 Å². The fraction of sp³-hybridized carbons (Fsp3) is 0.348. The molecule has 0 aromatic heterocycles. The van der Waals surface area contributed by atoms with Crippen molar-refractivity contribution in [2.45, 2.75) is 32.8 Å². The largest absolute Gasteiger partial charge is 0.550 e. The third kappa shape index (κ3) is 4.36. The molecule has 7 heteroatoms. The number of aliphatic carboxylic acids is 1. The third-order valence-electron chi connectivity index (χ3n) is 5.27. The zero-order chi connectivity index (χ0) is 21.9. The van der Waals surface area contributed by atoms with E-state index in [1.165, 1.54) is 17.0 Å². The fourth-order valence-electron chi connectivity index (χ4n) is 3.72. The molecule has 7 nitrogen and oxygen atoms in total. The summed E-state index contributed by atoms with van der Waals surface area (Å²) < 4.78 is 13.1. The van der Waals surface area contributed by atoms with E-state index in [4.69, 9.17) is 24.5 Å². The number of carbonyl (C=O) groups is 1. The highest BCUT2D eigenvalue weighted by Crippen LogP contribution is 2.38. The molecule has 0 atom stereocenters. The second-order valence-electron chi connectivity index (χ2n) is 7.75. The van der Waals surface area contributed by atoms with Gasteiger partial charge in [-0.3, -0.25) is 5.01 Å². The zero-order valence-corrected chi connectivity index (χ0v) is 18.0. The third-order valence-corrected chi connectivity index (χ3v) is 5.27. The lowest BCUT2D eigenvalue weighted by Crippen LogP contribution is -2.30. The Morgan fingerprint density at radius 1 is 1.27 bits per heavy atom. The van der Waals surface area contributed by atoms with Gasteiger partial charge in [0, 0.05) is 30.2 Å². The highest BCUT2D eigenvalue weighted by molar-refractivity contribution is 6.33. The molecule has 2 aromatic rings. The van der Waals surface area contributed by atoms with Gasteiger partial charge in [0.05, 0.1) is 17.7 Å². The van der Waals surface area contributed by atoms with Crippen LogP contribution in [0.2, 0.25) is 0 Å². The predicted octanol–water partition coefficient (Wildman–Crippen LogP) is 2.44. The number of ether oxygens (including phenoxy) is 2. The van der Waals surface area contributed by atoms with E-state index in [1.807, 2.05) is 30.4 Å². The summed E-state index contributed by atoms with van der Waals surface area (Å²) in [5.74, 6) is -0.195. The Morgan fingerprint density at radius 2 is 1.97 bits per heavy atom. The lowest BCUT2D eigenvalue weighted by atomic mass is 9.82. The molecule has 2 aliphatic rings. The summed E-state index contributed by atoms with van der Waals surface area (Å²) in [5, 5.41) is 15.5. The molecule has 2 heterocycles. The molecule has 0 fully saturated rings. The highest BCUT2D eigenvalue weighted by Gasteiger charge is 2.43. The monoisotopic (exact) mass is 409 g/mol. The van der Waals surface area contributed by atoms with Crippen LogP contribution in [0.5, 0.6) is 5.75 Å². The number of nitrogens with zero attached hydrogens (tertiary/aromatic N) is 3. The van der Waals surface area contributed by atoms with Gasteiger partial charge in [0.2, 0.25) is 11.4 Å². The minimum absolute atomic E-state index is 0.0762. The molecule has 0 radical (unpaired) electrons. The van der Waals surface area contributed by atoms with Crippen LogP contribution in [-0.2, 0) is 21.6 Å². The van der Waals surface area contributed by atoms with Crippen molar-refractivity contribution in [3.05, 3.63) is 53.6 Å². The first-order valence-corrected chi connectivity index (χ1v) is 9.71. The Bertz CT molecular complexity index is 1010. The molecule has 2 aromatic carbocycles. The lowest BCUT2D eigenvalue weighted by Gasteiger charge is -2.20. The van der Waals surface area contributed by atoms with Crippen molar-refractivity contribution in [2.75, 3.05) is 25.9 Å². The Kier molecular flexibility index (Phi) is 6.22. The van der Waals surface area contributed by atoms with Crippen molar-refractivity contribution in [2.24, 2.45) is 5.10 Å². The molecule has 158 valence electrons. The Morgan fingerprint density at radius 3 is 2.67 bits per heavy atom. The van der Waals surface area contributed by atoms with Gasteiger partial charge in [-0.15, -0.1) is 0 Å². The van der Waals surface area contributed by atoms with Crippen molar-refractivity contribution < 1.29 is 24.0 Å². The van der Waals surface area contributed by atoms with Gasteiger partial charge in [0.25, 0.3) is 0 Å². The van der Waals surface area contributed by atoms with E-state index in [9.17, 15) is 0 Å². The lowest BCUT2D eigenvalue weighted by molar-refractivity contribution is -0.400. The number of hydrogen-bond donors (Lipinski definition) is 0. The SMILES string of the molecule is CC(=O)[O-].CN(N=CC1=[N+](C)c2ccccc2C1(C)C)c1ccc2c(c1)COCO2. The van der Waals surface area contributed by atoms with E-state index in [-0.39, 0.29) is 5.41 Å². The maximum Gasteiger partial charge on any atom is 0.212 e. The first-order chi connectivity index (χ1) is 14.2. The van der Waals surface area contributed by atoms with Crippen molar-refractivity contribution in [1.29, 1.82) is 0 Å². The maximum atomic E-state index is 8.89. The summed E-state index contributed by atoms with van der Waals surface area (Å²) in [4.78, 5) is 8.89. The summed E-state index contributed by atoms with van der Waals surface area (Å²) in [6, 6.07) is 14.6. The van der Waals surface area contributed by atoms with E-state index in [0.29, 0.717) is 13.4 Å². The van der Waals surface area contributed by atoms with Gasteiger partial charge < -0.3 is 19.4 Å². The molecule has 2 aliphatic heterocycles. The average Bonchev–Trinajstić information content (AvgIpc) is 2.91. The normalized spacial score (nSPS) is 16.3. The predicted molar refractivity (Wildman–Crippen MR) is 115 cm³/mol. The van der Waals surface area contributed by atoms with Crippen LogP contribution in [-0.4, -0.2) is 43.4 Å². The number of hydrogen-bond acceptors (Lipinski definition) is 6. The van der Waals surface area contributed by atoms with Crippen LogP contribution >= 0.6 is 0 Å². The van der Waals surface area contributed by atoms with E-state index in [1.54, 1.807) is 0 Å². The molecular formula is C23H27N3O4. The molecule has 0 amide bonds. The molecular weight excluding hydrogens is 382 g/mol. The molecule has 0 bridgehead atoms. The average molecular weight is 409 g/mol. The Labute approximate surface area is 176 Å². The molecule has 0 saturated heterocycles. The molecule has 0 unspecified atom stereocenters. The van der Waals surface area contributed by atoms with Gasteiger partial charge in [-0.2, -0.15) is 9.68 Å². The molecule has 0 N–H and O–H groups in total. The van der Waals surface area contributed by atoms with E-state index in [2.05, 4.69) is 55.8 Å². The van der Waals surface area contributed by atoms with Crippen LogP contribution < -0.4 is 14.9 Å². The number of fused-ring (bicyclic) bond motifs is 2. The summed E-state index contributed by atoms with van der Waals surface area (Å²) >= 11 is 0. The first kappa shape index (κ1) is 21.5. The summed E-state index contributed by atoms with van der Waals surface area (Å²) in [6.45, 7) is 6.35. The topological polar surface area (TPSA) is 77.2 Å². The van der Waals surface area contributed by atoms with Crippen LogP contribution in [0.25, 0.3) is 0 Å². The van der Waals surface area contributed by atoms with Gasteiger partial charge in [0.15, 0.2) is 6.79 Å². The van der Waals surface area contributed by atoms with Gasteiger partial charge >= 0.3 is 0 Å². The number of rotatable bonds is 3. The van der Waals surface area contributed by atoms with Crippen molar-refractivity contribution in [3.8, 4) is 5.75 Å². The van der Waals surface area contributed by atoms with E-state index >= 15 is 0 Å². The number of anilines is 1. The van der Waals surface area contributed by atoms with E-state index in [0.717, 1.165) is 23.9 Å². The van der Waals surface area contributed by atoms with Crippen molar-refractivity contribution >= 4 is 29.3 Å². The van der Waals surface area contributed by atoms with Crippen LogP contribution in [0.3, 0.4) is 0 Å². The number of carboxylic acid groups (broad SMARTS) is 1. The van der Waals surface area contributed by atoms with E-state index < -0.39 is 5.97 Å². The Balaban J connectivity index is 0.000000589. The van der Waals surface area contributed by atoms with Crippen LogP contribution in [0.1, 0.15) is 31.9 Å². The van der Waals surface area contributed by atoms with Gasteiger partial charge in [-0.1, -0.05) is 18.2 Å². The Hall–Kier alpha value is -3.19. The molecule has 0 saturated carbocycles. The quantitative estimate of drug-likeness (QED) is 0.442. The second-order valence-corrected chi connectivity index (χ2v) is 7.75. The van der Waals surface area contributed by atoms with Crippen molar-refractivity contribution in [3.63, 3.8) is 0 Å². The summed E-state index contributed by atoms with van der Waals surface area (Å²) in [7, 11) is 4.06. The van der Waals surface area contributed by atoms with Crippen LogP contribution in [0.15, 0.2) is 47.6 Å². The van der Waals surface area contributed by atoms with Gasteiger partial charge in [-0.05, 0) is 39.0 Å². The molecule has 30 heavy (non-hydrogen) atoms. The smallest absolute Gasteiger partial charge is 0.212 e. The maximum absolute atomic E-state index is 8.89. The van der Waals surface area contributed by atoms with Gasteiger partial charge in [-0.25, -0.2) is 0 Å². The molecule has 4 rings (SSSR count). The van der Waals surface area contributed by atoms with Crippen molar-refractivity contribution in [1.82, 2.24) is 0 Å². The highest BCUT2D eigenvalue weighted by atomic mass is 16.7. The number of carbonyl (C=O) groups excluding carboxylic acids is 1. The van der Waals surface area contributed by atoms with Crippen LogP contribution in [0, 0.1) is 0 Å². The second kappa shape index (κ2) is 8.67. The number of para-hydroxylation sites is 1. The summed E-state index contributed by atoms with van der Waals surface area (Å²) in [5.41, 5.74) is 5.72. The first-order valence-electron chi connectivity index (χ1n) is 9.71. The minimum Gasteiger partial charge on any atom is -0.550 e. The number of hydrazone groups is 1. The fourth-order valence-corrected chi connectivity index (χ4v) is 3.72. The number of carboxylic acids is 1. The van der Waals surface area contributed by atoms with Gasteiger partial charge in [0.1, 0.15) is 19.0 Å².